The van der Waals surface area contributed by atoms with Gasteiger partial charge in [0, 0.05) is 0 Å². The molecule has 0 saturated heterocycles. The van der Waals surface area contributed by atoms with Crippen LogP contribution < -0.4 is 0 Å². The molecule has 0 radical (unpaired) electrons. The van der Waals surface area contributed by atoms with Crippen molar-refractivity contribution >= 4 is 18.2 Å². The zero-order valence-electron chi connectivity index (χ0n) is 11.1. The third-order valence-corrected chi connectivity index (χ3v) is 2.76. The minimum absolute atomic E-state index is 0.0413. The highest BCUT2D eigenvalue weighted by Crippen LogP contribution is 2.18. The van der Waals surface area contributed by atoms with E-state index in [1.54, 1.807) is 0 Å². The van der Waals surface area contributed by atoms with Gasteiger partial charge in [0.05, 0.1) is 0 Å². The first-order valence-electron chi connectivity index (χ1n) is 6.00. The summed E-state index contributed by atoms with van der Waals surface area (Å²) in [4.78, 5) is 33.1. The fourth-order valence-electron chi connectivity index (χ4n) is 1.54. The van der Waals surface area contributed by atoms with E-state index in [0.717, 1.165) is 0 Å². The van der Waals surface area contributed by atoms with Gasteiger partial charge in [0.1, 0.15) is 23.5 Å². The van der Waals surface area contributed by atoms with Crippen LogP contribution in [0.25, 0.3) is 0 Å². The van der Waals surface area contributed by atoms with Crippen LogP contribution >= 0.6 is 0 Å². The van der Waals surface area contributed by atoms with Gasteiger partial charge in [-0.05, 0) is 12.1 Å². The zero-order chi connectivity index (χ0) is 16.9. The number of aliphatic hydroxyl groups is 3. The summed E-state index contributed by atoms with van der Waals surface area (Å²) in [5.41, 5.74) is -0.296. The van der Waals surface area contributed by atoms with Crippen molar-refractivity contribution in [3.8, 4) is 5.75 Å². The van der Waals surface area contributed by atoms with E-state index in [9.17, 15) is 29.7 Å². The van der Waals surface area contributed by atoms with E-state index in [1.165, 1.54) is 24.3 Å². The van der Waals surface area contributed by atoms with Crippen LogP contribution in [0, 0.1) is 0 Å². The van der Waals surface area contributed by atoms with Gasteiger partial charge in [-0.15, -0.1) is 0 Å². The Morgan fingerprint density at radius 3 is 2.18 bits per heavy atom. The summed E-state index contributed by atoms with van der Waals surface area (Å²) in [6.45, 7) is 0. The molecular formula is C13H14O9. The number of aldehydes is 1. The van der Waals surface area contributed by atoms with E-state index in [2.05, 4.69) is 4.74 Å². The molecule has 4 atom stereocenters. The molecule has 0 aliphatic rings. The number of carbonyl (C=O) groups excluding carboxylic acids is 2. The molecule has 120 valence electrons. The van der Waals surface area contributed by atoms with Gasteiger partial charge in [0.25, 0.3) is 0 Å². The maximum atomic E-state index is 11.8. The highest BCUT2D eigenvalue weighted by molar-refractivity contribution is 5.93. The predicted molar refractivity (Wildman–Crippen MR) is 69.0 cm³/mol. The number of aliphatic hydroxyl groups excluding tert-OH is 3. The number of rotatable bonds is 7. The number of esters is 1. The molecule has 0 amide bonds. The molecule has 9 nitrogen and oxygen atoms in total. The maximum absolute atomic E-state index is 11.8. The van der Waals surface area contributed by atoms with Crippen molar-refractivity contribution in [3.05, 3.63) is 29.8 Å². The molecular weight excluding hydrogens is 300 g/mol. The van der Waals surface area contributed by atoms with Crippen molar-refractivity contribution in [1.29, 1.82) is 0 Å². The normalized spacial score (nSPS) is 16.1. The zero-order valence-corrected chi connectivity index (χ0v) is 11.1. The van der Waals surface area contributed by atoms with Crippen molar-refractivity contribution < 1.29 is 44.7 Å². The smallest absolute Gasteiger partial charge is 0.342 e. The van der Waals surface area contributed by atoms with Gasteiger partial charge in [0.2, 0.25) is 0 Å². The molecule has 1 aromatic carbocycles. The molecule has 0 heterocycles. The quantitative estimate of drug-likeness (QED) is 0.291. The predicted octanol–water partition coefficient (Wildman–Crippen LogP) is -1.72. The second kappa shape index (κ2) is 7.50. The molecule has 0 aliphatic carbocycles. The Kier molecular flexibility index (Phi) is 5.99. The molecule has 0 unspecified atom stereocenters. The second-order valence-corrected chi connectivity index (χ2v) is 4.29. The van der Waals surface area contributed by atoms with Gasteiger partial charge in [-0.25, -0.2) is 9.59 Å². The van der Waals surface area contributed by atoms with Gasteiger partial charge in [0.15, 0.2) is 18.5 Å². The lowest BCUT2D eigenvalue weighted by atomic mass is 10.0. The maximum Gasteiger partial charge on any atom is 0.342 e. The van der Waals surface area contributed by atoms with Crippen molar-refractivity contribution in [2.24, 2.45) is 0 Å². The highest BCUT2D eigenvalue weighted by atomic mass is 16.6. The van der Waals surface area contributed by atoms with Crippen molar-refractivity contribution in [2.75, 3.05) is 0 Å². The summed E-state index contributed by atoms with van der Waals surface area (Å²) in [7, 11) is 0. The van der Waals surface area contributed by atoms with Crippen LogP contribution in [0.5, 0.6) is 5.75 Å². The molecule has 9 heteroatoms. The molecule has 0 fully saturated rings. The topological polar surface area (TPSA) is 162 Å². The number of carboxylic acids is 1. The Labute approximate surface area is 124 Å². The number of phenolic OH excluding ortho intramolecular Hbond substituents is 1. The minimum atomic E-state index is -2.37. The molecule has 0 bridgehead atoms. The fourth-order valence-corrected chi connectivity index (χ4v) is 1.54. The number of benzene rings is 1. The third kappa shape index (κ3) is 4.01. The molecule has 0 aliphatic heterocycles. The number of para-hydroxylation sites is 1. The summed E-state index contributed by atoms with van der Waals surface area (Å²) < 4.78 is 4.60. The third-order valence-electron chi connectivity index (χ3n) is 2.76. The van der Waals surface area contributed by atoms with Gasteiger partial charge in [-0.2, -0.15) is 0 Å². The van der Waals surface area contributed by atoms with E-state index < -0.39 is 42.1 Å². The average molecular weight is 314 g/mol. The molecule has 1 rings (SSSR count). The monoisotopic (exact) mass is 314 g/mol. The van der Waals surface area contributed by atoms with Crippen molar-refractivity contribution in [2.45, 2.75) is 24.4 Å². The molecule has 22 heavy (non-hydrogen) atoms. The summed E-state index contributed by atoms with van der Waals surface area (Å²) in [5.74, 6) is -3.44. The average Bonchev–Trinajstić information content (AvgIpc) is 2.50. The Morgan fingerprint density at radius 2 is 1.68 bits per heavy atom. The first-order chi connectivity index (χ1) is 10.3. The van der Waals surface area contributed by atoms with Crippen LogP contribution in [0.2, 0.25) is 0 Å². The summed E-state index contributed by atoms with van der Waals surface area (Å²) >= 11 is 0. The Bertz CT molecular complexity index is 556. The minimum Gasteiger partial charge on any atom is -0.507 e. The SMILES string of the molecule is O=C[C@H](OC(=O)c1ccccc1O)[C@@H](O)[C@@H](O)[C@H](O)C(=O)O. The van der Waals surface area contributed by atoms with Gasteiger partial charge < -0.3 is 30.3 Å². The molecule has 0 aromatic heterocycles. The van der Waals surface area contributed by atoms with Crippen LogP contribution in [-0.4, -0.2) is 68.2 Å². The molecule has 5 N–H and O–H groups in total. The van der Waals surface area contributed by atoms with Crippen molar-refractivity contribution in [1.82, 2.24) is 0 Å². The van der Waals surface area contributed by atoms with Gasteiger partial charge in [-0.3, -0.25) is 4.79 Å². The lowest BCUT2D eigenvalue weighted by Crippen LogP contribution is -2.49. The van der Waals surface area contributed by atoms with Gasteiger partial charge in [-0.1, -0.05) is 12.1 Å². The molecule has 0 saturated carbocycles. The van der Waals surface area contributed by atoms with E-state index in [1.807, 2.05) is 0 Å². The van der Waals surface area contributed by atoms with Gasteiger partial charge >= 0.3 is 11.9 Å². The number of carboxylic acid groups (broad SMARTS) is 1. The fraction of sp³-hybridized carbons (Fsp3) is 0.308. The first-order valence-corrected chi connectivity index (χ1v) is 6.00. The summed E-state index contributed by atoms with van der Waals surface area (Å²) in [6, 6.07) is 5.22. The van der Waals surface area contributed by atoms with Crippen LogP contribution in [-0.2, 0) is 14.3 Å². The van der Waals surface area contributed by atoms with Crippen molar-refractivity contribution in [3.63, 3.8) is 0 Å². The number of hydrogen-bond acceptors (Lipinski definition) is 8. The van der Waals surface area contributed by atoms with Crippen LogP contribution in [0.1, 0.15) is 10.4 Å². The van der Waals surface area contributed by atoms with E-state index in [4.69, 9.17) is 10.2 Å². The Balaban J connectivity index is 2.84. The number of aliphatic carboxylic acids is 1. The number of phenols is 1. The van der Waals surface area contributed by atoms with E-state index in [0.29, 0.717) is 0 Å². The van der Waals surface area contributed by atoms with Crippen LogP contribution in [0.4, 0.5) is 0 Å². The standard InChI is InChI=1S/C13H14O9/c14-5-8(9(16)10(17)11(18)12(19)20)22-13(21)6-3-1-2-4-7(6)15/h1-5,8-11,15-18H,(H,19,20)/t8-,9+,10+,11-/m0/s1. The summed E-state index contributed by atoms with van der Waals surface area (Å²) in [6.07, 6.45) is -8.78. The number of hydrogen-bond donors (Lipinski definition) is 5. The highest BCUT2D eigenvalue weighted by Gasteiger charge is 2.37. The largest absolute Gasteiger partial charge is 0.507 e. The first kappa shape index (κ1) is 17.6. The Hall–Kier alpha value is -2.49. The lowest BCUT2D eigenvalue weighted by Gasteiger charge is -2.24. The molecule has 0 spiro atoms. The van der Waals surface area contributed by atoms with Crippen LogP contribution in [0.3, 0.4) is 0 Å². The van der Waals surface area contributed by atoms with Crippen LogP contribution in [0.15, 0.2) is 24.3 Å². The summed E-state index contributed by atoms with van der Waals surface area (Å²) in [5, 5.41) is 46.1. The number of ether oxygens (including phenoxy) is 1. The second-order valence-electron chi connectivity index (χ2n) is 4.29. The number of carbonyl (C=O) groups is 3. The molecule has 1 aromatic rings. The Morgan fingerprint density at radius 1 is 1.09 bits per heavy atom. The van der Waals surface area contributed by atoms with E-state index >= 15 is 0 Å². The van der Waals surface area contributed by atoms with E-state index in [-0.39, 0.29) is 11.8 Å². The lowest BCUT2D eigenvalue weighted by molar-refractivity contribution is -0.164. The number of aromatic hydroxyl groups is 1.